The van der Waals surface area contributed by atoms with Gasteiger partial charge in [0, 0.05) is 29.0 Å². The van der Waals surface area contributed by atoms with Crippen molar-refractivity contribution in [3.05, 3.63) is 131 Å². The van der Waals surface area contributed by atoms with Crippen LogP contribution in [0.3, 0.4) is 0 Å². The van der Waals surface area contributed by atoms with E-state index in [9.17, 15) is 14.7 Å². The maximum absolute atomic E-state index is 12.8. The lowest BCUT2D eigenvalue weighted by atomic mass is 9.82. The lowest BCUT2D eigenvalue weighted by Gasteiger charge is -2.25. The molecule has 2 aliphatic rings. The van der Waals surface area contributed by atoms with Crippen molar-refractivity contribution in [2.24, 2.45) is 0 Å². The van der Waals surface area contributed by atoms with Gasteiger partial charge in [-0.05, 0) is 82.3 Å². The number of amides is 1. The normalized spacial score (nSPS) is 14.8. The number of nitrogens with zero attached hydrogens (tertiary/aromatic N) is 1. The van der Waals surface area contributed by atoms with Crippen molar-refractivity contribution in [2.75, 3.05) is 16.8 Å². The molecule has 1 aliphatic heterocycles. The maximum atomic E-state index is 12.8. The van der Waals surface area contributed by atoms with Gasteiger partial charge in [-0.3, -0.25) is 10.2 Å². The first-order chi connectivity index (χ1) is 20.2. The van der Waals surface area contributed by atoms with Gasteiger partial charge in [-0.25, -0.2) is 4.79 Å². The van der Waals surface area contributed by atoms with Crippen molar-refractivity contribution in [1.82, 2.24) is 0 Å². The van der Waals surface area contributed by atoms with Crippen molar-refractivity contribution < 1.29 is 14.7 Å². The Morgan fingerprint density at radius 3 is 2.43 bits per heavy atom. The highest BCUT2D eigenvalue weighted by atomic mass is 16.4. The standard InChI is InChI=1S/C36H31N3O3/c1-36(2)30-14-7-6-12-27(30)28-17-16-26(22-31(28)36)39-20-19-24-21-23(15-18-32(24)39)9-8-13-29(33(37)35(41)42)34(40)38-25-10-4-3-5-11-25/h3-18,21-22,37H,19-20H2,1-2H3,(H,38,40)(H,41,42)/b9-8+,29-13-,37-33?. The molecule has 6 nitrogen and oxygen atoms in total. The Kier molecular flexibility index (Phi) is 6.83. The van der Waals surface area contributed by atoms with Crippen LogP contribution in [0.4, 0.5) is 17.1 Å². The summed E-state index contributed by atoms with van der Waals surface area (Å²) in [6.45, 7) is 5.47. The summed E-state index contributed by atoms with van der Waals surface area (Å²) in [7, 11) is 0. The minimum atomic E-state index is -1.46. The van der Waals surface area contributed by atoms with Gasteiger partial charge in [0.15, 0.2) is 5.71 Å². The summed E-state index contributed by atoms with van der Waals surface area (Å²) in [6, 6.07) is 30.5. The second kappa shape index (κ2) is 10.6. The monoisotopic (exact) mass is 553 g/mol. The van der Waals surface area contributed by atoms with E-state index in [0.29, 0.717) is 5.69 Å². The second-order valence-corrected chi connectivity index (χ2v) is 11.1. The number of aliphatic carboxylic acids is 1. The third-order valence-electron chi connectivity index (χ3n) is 8.19. The number of carbonyl (C=O) groups is 2. The van der Waals surface area contributed by atoms with Crippen molar-refractivity contribution in [1.29, 1.82) is 5.41 Å². The predicted octanol–water partition coefficient (Wildman–Crippen LogP) is 7.37. The smallest absolute Gasteiger partial charge is 0.354 e. The van der Waals surface area contributed by atoms with Gasteiger partial charge in [-0.2, -0.15) is 0 Å². The molecule has 4 aromatic carbocycles. The van der Waals surface area contributed by atoms with Crippen LogP contribution in [0, 0.1) is 5.41 Å². The number of hydrogen-bond acceptors (Lipinski definition) is 4. The first-order valence-electron chi connectivity index (χ1n) is 14.0. The van der Waals surface area contributed by atoms with Crippen LogP contribution in [-0.4, -0.2) is 29.2 Å². The summed E-state index contributed by atoms with van der Waals surface area (Å²) in [5.41, 5.74) is 9.32. The van der Waals surface area contributed by atoms with Gasteiger partial charge >= 0.3 is 5.97 Å². The Bertz CT molecular complexity index is 1800. The van der Waals surface area contributed by atoms with E-state index in [1.54, 1.807) is 30.3 Å². The fraction of sp³-hybridized carbons (Fsp3) is 0.139. The summed E-state index contributed by atoms with van der Waals surface area (Å²) in [4.78, 5) is 26.6. The molecule has 0 atom stereocenters. The van der Waals surface area contributed by atoms with Crippen LogP contribution in [0.1, 0.15) is 36.1 Å². The summed E-state index contributed by atoms with van der Waals surface area (Å²) < 4.78 is 0. The molecule has 42 heavy (non-hydrogen) atoms. The van der Waals surface area contributed by atoms with Crippen LogP contribution in [0.25, 0.3) is 17.2 Å². The average molecular weight is 554 g/mol. The van der Waals surface area contributed by atoms with Crippen LogP contribution in [0.2, 0.25) is 0 Å². The Morgan fingerprint density at radius 2 is 1.64 bits per heavy atom. The van der Waals surface area contributed by atoms with E-state index in [1.165, 1.54) is 45.3 Å². The minimum absolute atomic E-state index is 0.0551. The predicted molar refractivity (Wildman–Crippen MR) is 169 cm³/mol. The zero-order valence-corrected chi connectivity index (χ0v) is 23.5. The number of carboxylic acid groups (broad SMARTS) is 1. The molecule has 0 aromatic heterocycles. The van der Waals surface area contributed by atoms with Gasteiger partial charge in [-0.15, -0.1) is 0 Å². The van der Waals surface area contributed by atoms with E-state index in [2.05, 4.69) is 78.7 Å². The van der Waals surface area contributed by atoms with E-state index in [0.717, 1.165) is 18.5 Å². The van der Waals surface area contributed by atoms with Crippen LogP contribution in [0.15, 0.2) is 109 Å². The van der Waals surface area contributed by atoms with Crippen LogP contribution < -0.4 is 10.2 Å². The van der Waals surface area contributed by atoms with Crippen LogP contribution in [0.5, 0.6) is 0 Å². The van der Waals surface area contributed by atoms with Gasteiger partial charge < -0.3 is 15.3 Å². The summed E-state index contributed by atoms with van der Waals surface area (Å²) >= 11 is 0. The lowest BCUT2D eigenvalue weighted by molar-refractivity contribution is -0.129. The molecule has 0 bridgehead atoms. The molecule has 3 N–H and O–H groups in total. The number of hydrogen-bond donors (Lipinski definition) is 3. The molecule has 4 aromatic rings. The van der Waals surface area contributed by atoms with Crippen molar-refractivity contribution in [2.45, 2.75) is 25.7 Å². The quantitative estimate of drug-likeness (QED) is 0.127. The highest BCUT2D eigenvalue weighted by Gasteiger charge is 2.36. The molecular formula is C36H31N3O3. The Hall–Kier alpha value is -5.23. The molecule has 0 spiro atoms. The molecule has 1 aliphatic carbocycles. The largest absolute Gasteiger partial charge is 0.477 e. The van der Waals surface area contributed by atoms with Crippen LogP contribution >= 0.6 is 0 Å². The first-order valence-corrected chi connectivity index (χ1v) is 14.0. The summed E-state index contributed by atoms with van der Waals surface area (Å²) in [6.07, 6.45) is 5.72. The Balaban J connectivity index is 1.23. The molecule has 6 heteroatoms. The molecule has 1 amide bonds. The number of allylic oxidation sites excluding steroid dienone is 2. The molecule has 6 rings (SSSR count). The number of benzene rings is 4. The minimum Gasteiger partial charge on any atom is -0.477 e. The topological polar surface area (TPSA) is 93.5 Å². The molecule has 1 heterocycles. The SMILES string of the molecule is CC1(C)c2ccccc2-c2ccc(N3CCc4cc(/C=C/C=C(/C(=N)C(=O)O)C(=O)Nc5ccccc5)ccc43)cc21. The first kappa shape index (κ1) is 27.0. The Morgan fingerprint density at radius 1 is 0.905 bits per heavy atom. The fourth-order valence-electron chi connectivity index (χ4n) is 6.02. The van der Waals surface area contributed by atoms with Gasteiger partial charge in [0.25, 0.3) is 5.91 Å². The molecule has 0 saturated carbocycles. The fourth-order valence-corrected chi connectivity index (χ4v) is 6.02. The van der Waals surface area contributed by atoms with Gasteiger partial charge in [0.2, 0.25) is 0 Å². The van der Waals surface area contributed by atoms with Crippen molar-refractivity contribution in [3.63, 3.8) is 0 Å². The molecule has 0 unspecified atom stereocenters. The van der Waals surface area contributed by atoms with E-state index >= 15 is 0 Å². The lowest BCUT2D eigenvalue weighted by Crippen LogP contribution is -2.25. The zero-order valence-electron chi connectivity index (χ0n) is 23.5. The van der Waals surface area contributed by atoms with Gasteiger partial charge in [-0.1, -0.05) is 80.6 Å². The summed E-state index contributed by atoms with van der Waals surface area (Å²) in [5, 5.41) is 19.9. The van der Waals surface area contributed by atoms with E-state index in [4.69, 9.17) is 5.41 Å². The highest BCUT2D eigenvalue weighted by Crippen LogP contribution is 2.50. The van der Waals surface area contributed by atoms with Crippen molar-refractivity contribution >= 4 is 40.7 Å². The number of carboxylic acids is 1. The zero-order chi connectivity index (χ0) is 29.4. The molecule has 0 fully saturated rings. The third kappa shape index (κ3) is 4.81. The molecular weight excluding hydrogens is 522 g/mol. The number of anilines is 3. The van der Waals surface area contributed by atoms with E-state index in [1.807, 2.05) is 18.2 Å². The van der Waals surface area contributed by atoms with Gasteiger partial charge in [0.05, 0.1) is 5.57 Å². The number of rotatable bonds is 7. The Labute approximate surface area is 245 Å². The van der Waals surface area contributed by atoms with E-state index in [-0.39, 0.29) is 11.0 Å². The highest BCUT2D eigenvalue weighted by molar-refractivity contribution is 6.48. The van der Waals surface area contributed by atoms with Crippen molar-refractivity contribution in [3.8, 4) is 11.1 Å². The molecule has 0 radical (unpaired) electrons. The molecule has 208 valence electrons. The summed E-state index contributed by atoms with van der Waals surface area (Å²) in [5.74, 6) is -2.11. The number of fused-ring (bicyclic) bond motifs is 4. The van der Waals surface area contributed by atoms with E-state index < -0.39 is 17.6 Å². The maximum Gasteiger partial charge on any atom is 0.354 e. The number of para-hydroxylation sites is 1. The van der Waals surface area contributed by atoms with Crippen LogP contribution in [-0.2, 0) is 21.4 Å². The second-order valence-electron chi connectivity index (χ2n) is 11.1. The third-order valence-corrected chi connectivity index (χ3v) is 8.19. The number of nitrogens with one attached hydrogen (secondary N) is 2. The average Bonchev–Trinajstić information content (AvgIpc) is 3.51. The van der Waals surface area contributed by atoms with Gasteiger partial charge in [0.1, 0.15) is 0 Å². The molecule has 0 saturated heterocycles. The number of carbonyl (C=O) groups excluding carboxylic acids is 1.